The Morgan fingerprint density at radius 1 is 1.32 bits per heavy atom. The maximum atomic E-state index is 12.6. The van der Waals surface area contributed by atoms with Gasteiger partial charge in [0.2, 0.25) is 11.8 Å². The van der Waals surface area contributed by atoms with Crippen LogP contribution in [0.3, 0.4) is 0 Å². The molecule has 7 nitrogen and oxygen atoms in total. The molecule has 0 aliphatic carbocycles. The molecule has 0 spiro atoms. The van der Waals surface area contributed by atoms with Gasteiger partial charge in [-0.15, -0.1) is 0 Å². The first kappa shape index (κ1) is 17.6. The van der Waals surface area contributed by atoms with E-state index in [-0.39, 0.29) is 29.7 Å². The molecule has 1 aromatic rings. The molecule has 134 valence electrons. The summed E-state index contributed by atoms with van der Waals surface area (Å²) in [6, 6.07) is 5.16. The summed E-state index contributed by atoms with van der Waals surface area (Å²) in [6.07, 6.45) is 0.644. The smallest absolute Gasteiger partial charge is 0.255 e. The average molecular weight is 344 g/mol. The van der Waals surface area contributed by atoms with Crippen LogP contribution in [0, 0.1) is 0 Å². The predicted molar refractivity (Wildman–Crippen MR) is 92.5 cm³/mol. The number of nitrogens with two attached hydrogens (primary N) is 1. The molecule has 1 unspecified atom stereocenters. The summed E-state index contributed by atoms with van der Waals surface area (Å²) < 4.78 is 0. The third-order valence-corrected chi connectivity index (χ3v) is 4.50. The number of hydrogen-bond donors (Lipinski definition) is 3. The first-order chi connectivity index (χ1) is 11.7. The Bertz CT molecular complexity index is 724. The van der Waals surface area contributed by atoms with E-state index < -0.39 is 6.04 Å². The third-order valence-electron chi connectivity index (χ3n) is 4.50. The van der Waals surface area contributed by atoms with Crippen molar-refractivity contribution < 1.29 is 14.4 Å². The zero-order valence-electron chi connectivity index (χ0n) is 14.6. The van der Waals surface area contributed by atoms with Crippen LogP contribution in [0.5, 0.6) is 0 Å². The summed E-state index contributed by atoms with van der Waals surface area (Å²) >= 11 is 0. The lowest BCUT2D eigenvalue weighted by molar-refractivity contribution is -0.136. The molecule has 3 amide bonds. The maximum absolute atomic E-state index is 12.6. The van der Waals surface area contributed by atoms with Crippen LogP contribution in [0.25, 0.3) is 0 Å². The van der Waals surface area contributed by atoms with Gasteiger partial charge in [-0.05, 0) is 37.5 Å². The molecule has 7 heteroatoms. The molecule has 4 N–H and O–H groups in total. The SMILES string of the molecule is CC(C)(N)CNCc1ccc2c(c1)CN(C1CCC(=O)NC1=O)C2=O. The van der Waals surface area contributed by atoms with Crippen molar-refractivity contribution in [3.05, 3.63) is 34.9 Å². The van der Waals surface area contributed by atoms with E-state index in [2.05, 4.69) is 10.6 Å². The molecule has 1 fully saturated rings. The number of amides is 3. The van der Waals surface area contributed by atoms with Gasteiger partial charge >= 0.3 is 0 Å². The van der Waals surface area contributed by atoms with Gasteiger partial charge in [-0.2, -0.15) is 0 Å². The Morgan fingerprint density at radius 2 is 2.08 bits per heavy atom. The standard InChI is InChI=1S/C18H24N4O3/c1-18(2,19)10-20-8-11-3-4-13-12(7-11)9-22(17(13)25)14-5-6-15(23)21-16(14)24/h3-4,7,14,20H,5-6,8-10,19H2,1-2H3,(H,21,23,24). The van der Waals surface area contributed by atoms with E-state index in [9.17, 15) is 14.4 Å². The molecular formula is C18H24N4O3. The van der Waals surface area contributed by atoms with Crippen molar-refractivity contribution in [3.63, 3.8) is 0 Å². The van der Waals surface area contributed by atoms with Crippen LogP contribution < -0.4 is 16.4 Å². The van der Waals surface area contributed by atoms with Gasteiger partial charge in [0.25, 0.3) is 5.91 Å². The second-order valence-electron chi connectivity index (χ2n) is 7.48. The molecule has 2 heterocycles. The van der Waals surface area contributed by atoms with Crippen LogP contribution >= 0.6 is 0 Å². The number of benzene rings is 1. The summed E-state index contributed by atoms with van der Waals surface area (Å²) in [5.41, 5.74) is 8.29. The topological polar surface area (TPSA) is 105 Å². The summed E-state index contributed by atoms with van der Waals surface area (Å²) in [6.45, 7) is 5.67. The van der Waals surface area contributed by atoms with Gasteiger partial charge < -0.3 is 16.0 Å². The number of fused-ring (bicyclic) bond motifs is 1. The summed E-state index contributed by atoms with van der Waals surface area (Å²) in [5.74, 6) is -0.807. The fraction of sp³-hybridized carbons (Fsp3) is 0.500. The van der Waals surface area contributed by atoms with E-state index in [1.54, 1.807) is 4.90 Å². The van der Waals surface area contributed by atoms with Crippen LogP contribution in [-0.4, -0.2) is 40.7 Å². The first-order valence-electron chi connectivity index (χ1n) is 8.51. The average Bonchev–Trinajstić information content (AvgIpc) is 2.82. The van der Waals surface area contributed by atoms with Crippen molar-refractivity contribution in [2.24, 2.45) is 5.73 Å². The largest absolute Gasteiger partial charge is 0.324 e. The van der Waals surface area contributed by atoms with Gasteiger partial charge in [0.05, 0.1) is 0 Å². The Morgan fingerprint density at radius 3 is 2.76 bits per heavy atom. The van der Waals surface area contributed by atoms with Gasteiger partial charge in [-0.25, -0.2) is 0 Å². The quantitative estimate of drug-likeness (QED) is 0.665. The third kappa shape index (κ3) is 3.88. The molecule has 0 saturated carbocycles. The number of carbonyl (C=O) groups excluding carboxylic acids is 3. The van der Waals surface area contributed by atoms with Crippen LogP contribution in [0.15, 0.2) is 18.2 Å². The van der Waals surface area contributed by atoms with E-state index in [0.29, 0.717) is 31.6 Å². The van der Waals surface area contributed by atoms with Crippen molar-refractivity contribution in [2.75, 3.05) is 6.54 Å². The van der Waals surface area contributed by atoms with E-state index in [1.807, 2.05) is 32.0 Å². The molecule has 25 heavy (non-hydrogen) atoms. The van der Waals surface area contributed by atoms with E-state index in [1.165, 1.54) is 0 Å². The van der Waals surface area contributed by atoms with Crippen LogP contribution in [0.4, 0.5) is 0 Å². The van der Waals surface area contributed by atoms with E-state index in [4.69, 9.17) is 5.73 Å². The zero-order valence-corrected chi connectivity index (χ0v) is 14.6. The normalized spacial score (nSPS) is 20.7. The van der Waals surface area contributed by atoms with Crippen LogP contribution in [0.2, 0.25) is 0 Å². The number of imide groups is 1. The molecular weight excluding hydrogens is 320 g/mol. The monoisotopic (exact) mass is 344 g/mol. The van der Waals surface area contributed by atoms with Gasteiger partial charge in [-0.3, -0.25) is 19.7 Å². The number of rotatable bonds is 5. The summed E-state index contributed by atoms with van der Waals surface area (Å²) in [5, 5.41) is 5.62. The molecule has 0 aromatic heterocycles. The molecule has 1 atom stereocenters. The number of nitrogens with zero attached hydrogens (tertiary/aromatic N) is 1. The lowest BCUT2D eigenvalue weighted by atomic mass is 10.0. The van der Waals surface area contributed by atoms with Gasteiger partial charge in [0.1, 0.15) is 6.04 Å². The Labute approximate surface area is 146 Å². The number of piperidine rings is 1. The lowest BCUT2D eigenvalue weighted by Gasteiger charge is -2.29. The van der Waals surface area contributed by atoms with Crippen molar-refractivity contribution in [1.82, 2.24) is 15.5 Å². The first-order valence-corrected chi connectivity index (χ1v) is 8.51. The van der Waals surface area contributed by atoms with E-state index >= 15 is 0 Å². The molecule has 2 aliphatic heterocycles. The lowest BCUT2D eigenvalue weighted by Crippen LogP contribution is -2.52. The summed E-state index contributed by atoms with van der Waals surface area (Å²) in [7, 11) is 0. The maximum Gasteiger partial charge on any atom is 0.255 e. The van der Waals surface area contributed by atoms with E-state index in [0.717, 1.165) is 11.1 Å². The minimum Gasteiger partial charge on any atom is -0.324 e. The minimum absolute atomic E-state index is 0.146. The fourth-order valence-corrected chi connectivity index (χ4v) is 3.27. The molecule has 3 rings (SSSR count). The summed E-state index contributed by atoms with van der Waals surface area (Å²) in [4.78, 5) is 37.5. The molecule has 1 aromatic carbocycles. The van der Waals surface area contributed by atoms with Crippen molar-refractivity contribution in [3.8, 4) is 0 Å². The van der Waals surface area contributed by atoms with Crippen LogP contribution in [-0.2, 0) is 22.7 Å². The van der Waals surface area contributed by atoms with Gasteiger partial charge in [-0.1, -0.05) is 12.1 Å². The highest BCUT2D eigenvalue weighted by atomic mass is 16.2. The Balaban J connectivity index is 1.69. The molecule has 2 aliphatic rings. The van der Waals surface area contributed by atoms with Crippen LogP contribution in [0.1, 0.15) is 48.2 Å². The number of hydrogen-bond acceptors (Lipinski definition) is 5. The number of nitrogens with one attached hydrogen (secondary N) is 2. The predicted octanol–water partition coefficient (Wildman–Crippen LogP) is 0.275. The van der Waals surface area contributed by atoms with Gasteiger partial charge in [0, 0.05) is 37.2 Å². The highest BCUT2D eigenvalue weighted by Crippen LogP contribution is 2.28. The second-order valence-corrected chi connectivity index (χ2v) is 7.48. The highest BCUT2D eigenvalue weighted by molar-refractivity contribution is 6.05. The zero-order chi connectivity index (χ0) is 18.2. The Hall–Kier alpha value is -2.25. The van der Waals surface area contributed by atoms with Crippen molar-refractivity contribution >= 4 is 17.7 Å². The fourth-order valence-electron chi connectivity index (χ4n) is 3.27. The molecule has 1 saturated heterocycles. The van der Waals surface area contributed by atoms with Gasteiger partial charge in [0.15, 0.2) is 0 Å². The highest BCUT2D eigenvalue weighted by Gasteiger charge is 2.38. The van der Waals surface area contributed by atoms with Crippen molar-refractivity contribution in [2.45, 2.75) is 51.4 Å². The molecule has 0 radical (unpaired) electrons. The van der Waals surface area contributed by atoms with Crippen molar-refractivity contribution in [1.29, 1.82) is 0 Å². The minimum atomic E-state index is -0.572. The Kier molecular flexibility index (Phi) is 4.62. The second kappa shape index (κ2) is 6.57. The number of carbonyl (C=O) groups is 3. The molecule has 0 bridgehead atoms.